The molecule has 20 heavy (non-hydrogen) atoms. The van der Waals surface area contributed by atoms with E-state index < -0.39 is 0 Å². The van der Waals surface area contributed by atoms with Crippen molar-refractivity contribution in [3.8, 4) is 0 Å². The second kappa shape index (κ2) is 9.42. The van der Waals surface area contributed by atoms with Gasteiger partial charge < -0.3 is 4.74 Å². The van der Waals surface area contributed by atoms with Gasteiger partial charge in [-0.1, -0.05) is 35.8 Å². The summed E-state index contributed by atoms with van der Waals surface area (Å²) in [6, 6.07) is 0.0242. The summed E-state index contributed by atoms with van der Waals surface area (Å²) in [7, 11) is 0. The molecule has 0 aliphatic carbocycles. The van der Waals surface area contributed by atoms with Crippen LogP contribution in [0.3, 0.4) is 0 Å². The average molecular weight is 338 g/mol. The summed E-state index contributed by atoms with van der Waals surface area (Å²) in [5.74, 6) is 2.31. The minimum absolute atomic E-state index is 0.0237. The molecule has 0 saturated carbocycles. The monoisotopic (exact) mass is 337 g/mol. The van der Waals surface area contributed by atoms with E-state index in [-0.39, 0.29) is 12.0 Å². The Morgan fingerprint density at radius 1 is 1.30 bits per heavy atom. The molecule has 2 aliphatic heterocycles. The number of carbonyl (C=O) groups excluding carboxylic acids is 1. The van der Waals surface area contributed by atoms with E-state index in [2.05, 4.69) is 13.3 Å². The minimum Gasteiger partial charge on any atom is -0.464 e. The number of rotatable bonds is 8. The first kappa shape index (κ1) is 16.8. The van der Waals surface area contributed by atoms with Gasteiger partial charge in [0.25, 0.3) is 0 Å². The van der Waals surface area contributed by atoms with Crippen molar-refractivity contribution in [3.05, 3.63) is 0 Å². The zero-order valence-corrected chi connectivity index (χ0v) is 14.3. The number of hydrogen-bond acceptors (Lipinski definition) is 8. The maximum atomic E-state index is 11.6. The number of cyclic esters (lactones) is 1. The molecule has 1 atom stereocenters. The van der Waals surface area contributed by atoms with Crippen LogP contribution in [-0.4, -0.2) is 71.8 Å². The molecule has 0 spiro atoms. The van der Waals surface area contributed by atoms with Crippen LogP contribution in [0.25, 0.3) is 0 Å². The molecule has 0 aromatic rings. The Hall–Kier alpha value is 0.400. The number of carbonyl (C=O) groups is 1. The number of hydrogen-bond donors (Lipinski definition) is 1. The zero-order valence-electron chi connectivity index (χ0n) is 11.9. The Labute approximate surface area is 134 Å². The third-order valence-electron chi connectivity index (χ3n) is 3.43. The Balaban J connectivity index is 1.54. The second-order valence-corrected chi connectivity index (χ2v) is 7.71. The molecule has 1 unspecified atom stereocenters. The van der Waals surface area contributed by atoms with Gasteiger partial charge in [0.05, 0.1) is 6.61 Å². The van der Waals surface area contributed by atoms with Crippen molar-refractivity contribution in [2.75, 3.05) is 50.5 Å². The highest BCUT2D eigenvalue weighted by Crippen LogP contribution is 2.20. The predicted octanol–water partition coefficient (Wildman–Crippen LogP) is 1.47. The van der Waals surface area contributed by atoms with Crippen LogP contribution < -0.4 is 4.13 Å². The number of ether oxygens (including phenoxy) is 1. The van der Waals surface area contributed by atoms with Crippen molar-refractivity contribution >= 4 is 41.8 Å². The van der Waals surface area contributed by atoms with Gasteiger partial charge >= 0.3 is 5.97 Å². The molecular formula is C12H23N3O2S3. The van der Waals surface area contributed by atoms with E-state index in [0.29, 0.717) is 6.61 Å². The Morgan fingerprint density at radius 2 is 2.10 bits per heavy atom. The van der Waals surface area contributed by atoms with Crippen molar-refractivity contribution in [2.24, 2.45) is 0 Å². The third-order valence-corrected chi connectivity index (χ3v) is 6.26. The van der Waals surface area contributed by atoms with Crippen molar-refractivity contribution < 1.29 is 9.53 Å². The lowest BCUT2D eigenvalue weighted by molar-refractivity contribution is -0.142. The summed E-state index contributed by atoms with van der Waals surface area (Å²) in [6.45, 7) is 4.65. The minimum atomic E-state index is -0.0237. The molecule has 2 fully saturated rings. The van der Waals surface area contributed by atoms with Gasteiger partial charge in [-0.15, -0.1) is 0 Å². The van der Waals surface area contributed by atoms with E-state index >= 15 is 0 Å². The number of esters is 1. The predicted molar refractivity (Wildman–Crippen MR) is 88.7 cm³/mol. The van der Waals surface area contributed by atoms with Gasteiger partial charge in [0.1, 0.15) is 6.04 Å². The van der Waals surface area contributed by atoms with Gasteiger partial charge in [-0.25, -0.2) is 8.43 Å². The highest BCUT2D eigenvalue weighted by atomic mass is 32.2. The molecule has 0 bridgehead atoms. The Bertz CT molecular complexity index is 302. The molecular weight excluding hydrogens is 314 g/mol. The summed E-state index contributed by atoms with van der Waals surface area (Å²) in [5.41, 5.74) is 0. The maximum Gasteiger partial charge on any atom is 0.323 e. The fraction of sp³-hybridized carbons (Fsp3) is 0.917. The molecule has 2 rings (SSSR count). The first-order valence-corrected chi connectivity index (χ1v) is 10.1. The molecule has 1 N–H and O–H groups in total. The van der Waals surface area contributed by atoms with E-state index in [1.165, 1.54) is 12.2 Å². The Kier molecular flexibility index (Phi) is 7.90. The zero-order chi connectivity index (χ0) is 14.2. The fourth-order valence-electron chi connectivity index (χ4n) is 2.39. The number of nitrogens with one attached hydrogen (secondary N) is 1. The molecule has 2 aliphatic rings. The van der Waals surface area contributed by atoms with Crippen LogP contribution in [0.4, 0.5) is 0 Å². The summed E-state index contributed by atoms with van der Waals surface area (Å²) in [5, 5.41) is 0. The summed E-state index contributed by atoms with van der Waals surface area (Å²) < 4.78 is 10.7. The van der Waals surface area contributed by atoms with Gasteiger partial charge in [-0.05, 0) is 12.7 Å². The van der Waals surface area contributed by atoms with Gasteiger partial charge in [0.2, 0.25) is 0 Å². The van der Waals surface area contributed by atoms with E-state index in [1.54, 1.807) is 23.9 Å². The smallest absolute Gasteiger partial charge is 0.323 e. The summed E-state index contributed by atoms with van der Waals surface area (Å²) in [4.78, 5) is 13.8. The largest absolute Gasteiger partial charge is 0.464 e. The molecule has 116 valence electrons. The molecule has 0 aromatic heterocycles. The highest BCUT2D eigenvalue weighted by Gasteiger charge is 2.33. The first-order chi connectivity index (χ1) is 9.81. The van der Waals surface area contributed by atoms with E-state index in [0.717, 1.165) is 38.4 Å². The van der Waals surface area contributed by atoms with Crippen LogP contribution in [-0.2, 0) is 9.53 Å². The highest BCUT2D eigenvalue weighted by molar-refractivity contribution is 8.12. The maximum absolute atomic E-state index is 11.6. The van der Waals surface area contributed by atoms with E-state index in [4.69, 9.17) is 4.74 Å². The fourth-order valence-corrected chi connectivity index (χ4v) is 4.62. The summed E-state index contributed by atoms with van der Waals surface area (Å²) in [6.07, 6.45) is 4.13. The standard InChI is InChI=1S/C12H23N3O2S3/c1-18-13-19-9-2-10-20-15-6-4-14(5-7-15)11-3-8-17-12(11)16/h11,13H,2-10H2,1H3. The lowest BCUT2D eigenvalue weighted by Gasteiger charge is -2.35. The van der Waals surface area contributed by atoms with Gasteiger partial charge in [0, 0.05) is 44.1 Å². The lowest BCUT2D eigenvalue weighted by Crippen LogP contribution is -2.49. The van der Waals surface area contributed by atoms with E-state index in [1.807, 2.05) is 18.2 Å². The van der Waals surface area contributed by atoms with Gasteiger partial charge in [-0.3, -0.25) is 9.69 Å². The molecule has 2 saturated heterocycles. The van der Waals surface area contributed by atoms with Crippen molar-refractivity contribution in [2.45, 2.75) is 18.9 Å². The van der Waals surface area contributed by atoms with Gasteiger partial charge in [0.15, 0.2) is 0 Å². The topological polar surface area (TPSA) is 44.8 Å². The van der Waals surface area contributed by atoms with E-state index in [9.17, 15) is 4.79 Å². The van der Waals surface area contributed by atoms with Crippen molar-refractivity contribution in [3.63, 3.8) is 0 Å². The molecule has 5 nitrogen and oxygen atoms in total. The molecule has 0 radical (unpaired) electrons. The third kappa shape index (κ3) is 5.31. The Morgan fingerprint density at radius 3 is 2.75 bits per heavy atom. The van der Waals surface area contributed by atoms with Crippen molar-refractivity contribution in [1.82, 2.24) is 13.3 Å². The SMILES string of the molecule is CSNSCCCSN1CCN(C2CCOC2=O)CC1. The van der Waals surface area contributed by atoms with Crippen LogP contribution in [0, 0.1) is 0 Å². The van der Waals surface area contributed by atoms with Crippen LogP contribution in [0.15, 0.2) is 0 Å². The molecule has 2 heterocycles. The van der Waals surface area contributed by atoms with Crippen LogP contribution in [0.2, 0.25) is 0 Å². The molecule has 0 aromatic carbocycles. The quantitative estimate of drug-likeness (QED) is 0.406. The molecule has 0 amide bonds. The normalized spacial score (nSPS) is 25.1. The lowest BCUT2D eigenvalue weighted by atomic mass is 10.2. The first-order valence-electron chi connectivity index (χ1n) is 6.99. The van der Waals surface area contributed by atoms with Crippen molar-refractivity contribution in [1.29, 1.82) is 0 Å². The van der Waals surface area contributed by atoms with Gasteiger partial charge in [-0.2, -0.15) is 0 Å². The van der Waals surface area contributed by atoms with Crippen LogP contribution >= 0.6 is 35.8 Å². The summed E-state index contributed by atoms with van der Waals surface area (Å²) >= 11 is 5.37. The number of nitrogens with zero attached hydrogens (tertiary/aromatic N) is 2. The molecule has 8 heteroatoms. The van der Waals surface area contributed by atoms with Crippen LogP contribution in [0.1, 0.15) is 12.8 Å². The number of piperazine rings is 1. The average Bonchev–Trinajstić information content (AvgIpc) is 2.90. The van der Waals surface area contributed by atoms with Crippen LogP contribution in [0.5, 0.6) is 0 Å². The second-order valence-electron chi connectivity index (χ2n) is 4.76.